The third kappa shape index (κ3) is 3.83. The SMILES string of the molecule is Cc1cc(N2C[C@H](C)n3ncc(CC(=O)c4ccccn4)c3C2=O)ccc1C(F)(F)F. The molecule has 0 saturated heterocycles. The van der Waals surface area contributed by atoms with Crippen LogP contribution in [0.15, 0.2) is 48.8 Å². The fraction of sp³-hybridized carbons (Fsp3) is 0.273. The van der Waals surface area contributed by atoms with E-state index in [1.807, 2.05) is 6.92 Å². The van der Waals surface area contributed by atoms with Gasteiger partial charge in [-0.25, -0.2) is 0 Å². The van der Waals surface area contributed by atoms with Crippen molar-refractivity contribution in [3.8, 4) is 0 Å². The van der Waals surface area contributed by atoms with E-state index in [1.54, 1.807) is 22.9 Å². The number of rotatable bonds is 4. The average Bonchev–Trinajstić information content (AvgIpc) is 3.15. The zero-order chi connectivity index (χ0) is 22.3. The molecule has 3 heterocycles. The van der Waals surface area contributed by atoms with Gasteiger partial charge in [0.25, 0.3) is 5.91 Å². The zero-order valence-corrected chi connectivity index (χ0v) is 16.8. The Morgan fingerprint density at radius 2 is 2.00 bits per heavy atom. The van der Waals surface area contributed by atoms with Crippen molar-refractivity contribution in [2.75, 3.05) is 11.4 Å². The molecule has 0 aliphatic carbocycles. The van der Waals surface area contributed by atoms with E-state index in [1.165, 1.54) is 36.4 Å². The minimum atomic E-state index is -4.46. The number of nitrogens with zero attached hydrogens (tertiary/aromatic N) is 4. The summed E-state index contributed by atoms with van der Waals surface area (Å²) in [6, 6.07) is 8.43. The molecule has 160 valence electrons. The van der Waals surface area contributed by atoms with Gasteiger partial charge >= 0.3 is 6.18 Å². The molecule has 1 amide bonds. The van der Waals surface area contributed by atoms with Crippen LogP contribution < -0.4 is 4.90 Å². The fourth-order valence-corrected chi connectivity index (χ4v) is 3.80. The minimum absolute atomic E-state index is 0.0371. The summed E-state index contributed by atoms with van der Waals surface area (Å²) in [4.78, 5) is 31.3. The Kier molecular flexibility index (Phi) is 5.12. The minimum Gasteiger partial charge on any atom is -0.305 e. The summed E-state index contributed by atoms with van der Waals surface area (Å²) in [5.41, 5.74) is 0.683. The first-order valence-corrected chi connectivity index (χ1v) is 9.67. The van der Waals surface area contributed by atoms with Crippen LogP contribution in [0.25, 0.3) is 0 Å². The number of hydrogen-bond acceptors (Lipinski definition) is 4. The van der Waals surface area contributed by atoms with E-state index in [0.29, 0.717) is 11.3 Å². The Labute approximate surface area is 176 Å². The monoisotopic (exact) mass is 428 g/mol. The van der Waals surface area contributed by atoms with E-state index >= 15 is 0 Å². The van der Waals surface area contributed by atoms with Gasteiger partial charge in [0.05, 0.1) is 17.8 Å². The molecule has 0 bridgehead atoms. The average molecular weight is 428 g/mol. The number of ketones is 1. The van der Waals surface area contributed by atoms with Gasteiger partial charge in [0.1, 0.15) is 11.4 Å². The molecule has 0 saturated carbocycles. The number of carbonyl (C=O) groups is 2. The molecule has 0 fully saturated rings. The highest BCUT2D eigenvalue weighted by Crippen LogP contribution is 2.35. The number of halogens is 3. The van der Waals surface area contributed by atoms with Crippen molar-refractivity contribution in [3.63, 3.8) is 0 Å². The maximum absolute atomic E-state index is 13.3. The van der Waals surface area contributed by atoms with Gasteiger partial charge in [-0.1, -0.05) is 6.07 Å². The Hall–Kier alpha value is -3.49. The summed E-state index contributed by atoms with van der Waals surface area (Å²) in [7, 11) is 0. The number of hydrogen-bond donors (Lipinski definition) is 0. The predicted molar refractivity (Wildman–Crippen MR) is 107 cm³/mol. The molecule has 31 heavy (non-hydrogen) atoms. The van der Waals surface area contributed by atoms with E-state index in [9.17, 15) is 22.8 Å². The molecule has 2 aromatic heterocycles. The van der Waals surface area contributed by atoms with Crippen molar-refractivity contribution in [2.45, 2.75) is 32.5 Å². The molecule has 1 aliphatic heterocycles. The Morgan fingerprint density at radius 1 is 1.23 bits per heavy atom. The number of benzene rings is 1. The zero-order valence-electron chi connectivity index (χ0n) is 16.8. The highest BCUT2D eigenvalue weighted by atomic mass is 19.4. The van der Waals surface area contributed by atoms with Crippen LogP contribution in [-0.2, 0) is 12.6 Å². The largest absolute Gasteiger partial charge is 0.416 e. The van der Waals surface area contributed by atoms with Crippen molar-refractivity contribution in [3.05, 3.63) is 76.9 Å². The predicted octanol–water partition coefficient (Wildman–Crippen LogP) is 4.25. The van der Waals surface area contributed by atoms with Gasteiger partial charge in [0.2, 0.25) is 0 Å². The highest BCUT2D eigenvalue weighted by molar-refractivity contribution is 6.08. The molecule has 0 spiro atoms. The molecule has 1 atom stereocenters. The summed E-state index contributed by atoms with van der Waals surface area (Å²) in [5.74, 6) is -0.655. The topological polar surface area (TPSA) is 68.1 Å². The lowest BCUT2D eigenvalue weighted by atomic mass is 10.0. The Balaban J connectivity index is 1.66. The van der Waals surface area contributed by atoms with Gasteiger partial charge in [0, 0.05) is 30.4 Å². The van der Waals surface area contributed by atoms with E-state index in [2.05, 4.69) is 10.1 Å². The number of pyridine rings is 1. The second-order valence-corrected chi connectivity index (χ2v) is 7.54. The lowest BCUT2D eigenvalue weighted by Gasteiger charge is -2.32. The molecule has 6 nitrogen and oxygen atoms in total. The number of fused-ring (bicyclic) bond motifs is 1. The maximum atomic E-state index is 13.3. The molecule has 0 unspecified atom stereocenters. The summed E-state index contributed by atoms with van der Waals surface area (Å²) in [6.07, 6.45) is -1.50. The first-order chi connectivity index (χ1) is 14.7. The van der Waals surface area contributed by atoms with Crippen LogP contribution in [0.5, 0.6) is 0 Å². The van der Waals surface area contributed by atoms with Gasteiger partial charge in [-0.2, -0.15) is 18.3 Å². The molecule has 0 N–H and O–H groups in total. The normalized spacial score (nSPS) is 16.4. The summed E-state index contributed by atoms with van der Waals surface area (Å²) in [6.45, 7) is 3.48. The van der Waals surface area contributed by atoms with Gasteiger partial charge < -0.3 is 4.90 Å². The first-order valence-electron chi connectivity index (χ1n) is 9.67. The van der Waals surface area contributed by atoms with E-state index in [0.717, 1.165) is 6.07 Å². The summed E-state index contributed by atoms with van der Waals surface area (Å²) in [5, 5.41) is 4.27. The van der Waals surface area contributed by atoms with Crippen molar-refractivity contribution in [2.24, 2.45) is 0 Å². The quantitative estimate of drug-likeness (QED) is 0.583. The van der Waals surface area contributed by atoms with Crippen LogP contribution >= 0.6 is 0 Å². The van der Waals surface area contributed by atoms with Gasteiger partial charge in [-0.05, 0) is 49.7 Å². The molecule has 1 aliphatic rings. The molecule has 1 aromatic carbocycles. The van der Waals surface area contributed by atoms with E-state index in [-0.39, 0.29) is 41.7 Å². The molecule has 4 rings (SSSR count). The molecule has 0 radical (unpaired) electrons. The van der Waals surface area contributed by atoms with Crippen LogP contribution in [0, 0.1) is 6.92 Å². The third-order valence-corrected chi connectivity index (χ3v) is 5.31. The first kappa shape index (κ1) is 20.8. The number of aryl methyl sites for hydroxylation is 1. The smallest absolute Gasteiger partial charge is 0.305 e. The lowest BCUT2D eigenvalue weighted by Crippen LogP contribution is -2.43. The molecular weight excluding hydrogens is 409 g/mol. The highest BCUT2D eigenvalue weighted by Gasteiger charge is 2.36. The van der Waals surface area contributed by atoms with Crippen LogP contribution in [-0.4, -0.2) is 33.0 Å². The van der Waals surface area contributed by atoms with Gasteiger partial charge in [-0.15, -0.1) is 0 Å². The third-order valence-electron chi connectivity index (χ3n) is 5.31. The van der Waals surface area contributed by atoms with Crippen molar-refractivity contribution in [1.29, 1.82) is 0 Å². The maximum Gasteiger partial charge on any atom is 0.416 e. The molecule has 9 heteroatoms. The number of alkyl halides is 3. The Bertz CT molecular complexity index is 1160. The van der Waals surface area contributed by atoms with Crippen molar-refractivity contribution in [1.82, 2.24) is 14.8 Å². The van der Waals surface area contributed by atoms with Gasteiger partial charge in [-0.3, -0.25) is 19.3 Å². The number of aromatic nitrogens is 3. The van der Waals surface area contributed by atoms with Crippen molar-refractivity contribution < 1.29 is 22.8 Å². The van der Waals surface area contributed by atoms with E-state index < -0.39 is 17.6 Å². The van der Waals surface area contributed by atoms with Crippen molar-refractivity contribution >= 4 is 17.4 Å². The number of amides is 1. The van der Waals surface area contributed by atoms with E-state index in [4.69, 9.17) is 0 Å². The summed E-state index contributed by atoms with van der Waals surface area (Å²) >= 11 is 0. The number of Topliss-reactive ketones (excluding diaryl/α,β-unsaturated/α-hetero) is 1. The second-order valence-electron chi connectivity index (χ2n) is 7.54. The summed E-state index contributed by atoms with van der Waals surface area (Å²) < 4.78 is 40.9. The standard InChI is InChI=1S/C22H19F3N4O2/c1-13-9-16(6-7-17(13)22(23,24)25)28-12-14(2)29-20(21(28)31)15(11-27-29)10-19(30)18-5-3-4-8-26-18/h3-9,11,14H,10,12H2,1-2H3/t14-/m0/s1. The second kappa shape index (κ2) is 7.64. The van der Waals surface area contributed by atoms with Crippen LogP contribution in [0.3, 0.4) is 0 Å². The lowest BCUT2D eigenvalue weighted by molar-refractivity contribution is -0.138. The molecule has 3 aromatic rings. The van der Waals surface area contributed by atoms with Gasteiger partial charge in [0.15, 0.2) is 5.78 Å². The molecular formula is C22H19F3N4O2. The van der Waals surface area contributed by atoms with Crippen LogP contribution in [0.2, 0.25) is 0 Å². The fourth-order valence-electron chi connectivity index (χ4n) is 3.80. The van der Waals surface area contributed by atoms with Crippen LogP contribution in [0.1, 0.15) is 50.6 Å². The van der Waals surface area contributed by atoms with Crippen LogP contribution in [0.4, 0.5) is 18.9 Å². The number of anilines is 1. The Morgan fingerprint density at radius 3 is 2.65 bits per heavy atom. The number of carbonyl (C=O) groups excluding carboxylic acids is 2.